The van der Waals surface area contributed by atoms with Crippen molar-refractivity contribution < 1.29 is 0 Å². The summed E-state index contributed by atoms with van der Waals surface area (Å²) in [6.07, 6.45) is 7.80. The molecule has 2 aliphatic heterocycles. The Labute approximate surface area is 72.4 Å². The third-order valence-electron chi connectivity index (χ3n) is 2.14. The van der Waals surface area contributed by atoms with Crippen LogP contribution in [0.1, 0.15) is 13.8 Å². The lowest BCUT2D eigenvalue weighted by atomic mass is 10.1. The van der Waals surface area contributed by atoms with Crippen molar-refractivity contribution in [1.82, 2.24) is 10.4 Å². The molecule has 3 nitrogen and oxygen atoms in total. The first-order valence-electron chi connectivity index (χ1n) is 4.24. The van der Waals surface area contributed by atoms with Gasteiger partial charge in [0.25, 0.3) is 0 Å². The zero-order valence-corrected chi connectivity index (χ0v) is 7.36. The molecular weight excluding hydrogens is 150 g/mol. The summed E-state index contributed by atoms with van der Waals surface area (Å²) >= 11 is 0. The Morgan fingerprint density at radius 1 is 1.58 bits per heavy atom. The van der Waals surface area contributed by atoms with Gasteiger partial charge in [-0.25, -0.2) is 5.43 Å². The van der Waals surface area contributed by atoms with Crippen LogP contribution in [0.4, 0.5) is 0 Å². The van der Waals surface area contributed by atoms with Crippen molar-refractivity contribution in [3.05, 3.63) is 24.2 Å². The molecule has 0 bridgehead atoms. The highest BCUT2D eigenvalue weighted by Crippen LogP contribution is 2.18. The van der Waals surface area contributed by atoms with E-state index in [4.69, 9.17) is 0 Å². The number of hydrogen-bond acceptors (Lipinski definition) is 3. The van der Waals surface area contributed by atoms with E-state index >= 15 is 0 Å². The van der Waals surface area contributed by atoms with Gasteiger partial charge in [-0.3, -0.25) is 10.0 Å². The zero-order chi connectivity index (χ0) is 8.55. The van der Waals surface area contributed by atoms with Crippen molar-refractivity contribution in [2.45, 2.75) is 19.9 Å². The van der Waals surface area contributed by atoms with Crippen LogP contribution in [0.2, 0.25) is 0 Å². The summed E-state index contributed by atoms with van der Waals surface area (Å²) in [6.45, 7) is 4.40. The lowest BCUT2D eigenvalue weighted by Crippen LogP contribution is -2.36. The minimum atomic E-state index is 0.439. The van der Waals surface area contributed by atoms with E-state index < -0.39 is 0 Å². The molecule has 1 atom stereocenters. The van der Waals surface area contributed by atoms with Crippen molar-refractivity contribution >= 4 is 6.21 Å². The number of allylic oxidation sites excluding steroid dienone is 1. The smallest absolute Gasteiger partial charge is 0.0730 e. The van der Waals surface area contributed by atoms with E-state index in [0.29, 0.717) is 12.0 Å². The van der Waals surface area contributed by atoms with Crippen LogP contribution in [-0.4, -0.2) is 17.3 Å². The Kier molecular flexibility index (Phi) is 1.73. The predicted molar refractivity (Wildman–Crippen MR) is 49.3 cm³/mol. The molecule has 0 fully saturated rings. The van der Waals surface area contributed by atoms with Crippen LogP contribution in [0.3, 0.4) is 0 Å². The van der Waals surface area contributed by atoms with Gasteiger partial charge in [-0.2, -0.15) is 0 Å². The minimum Gasteiger partial charge on any atom is -0.281 e. The number of aliphatic imine (C=N–C) groups is 1. The summed E-state index contributed by atoms with van der Waals surface area (Å²) in [5.41, 5.74) is 4.50. The van der Waals surface area contributed by atoms with Gasteiger partial charge in [-0.15, -0.1) is 0 Å². The maximum absolute atomic E-state index is 4.06. The molecule has 0 aromatic rings. The monoisotopic (exact) mass is 163 g/mol. The Bertz CT molecular complexity index is 263. The van der Waals surface area contributed by atoms with Crippen LogP contribution in [0.5, 0.6) is 0 Å². The summed E-state index contributed by atoms with van der Waals surface area (Å²) in [7, 11) is 0. The van der Waals surface area contributed by atoms with Crippen LogP contribution in [0, 0.1) is 5.92 Å². The molecule has 2 aliphatic rings. The van der Waals surface area contributed by atoms with Gasteiger partial charge in [-0.05, 0) is 12.0 Å². The quantitative estimate of drug-likeness (QED) is 0.630. The van der Waals surface area contributed by atoms with Gasteiger partial charge in [0, 0.05) is 18.4 Å². The standard InChI is InChI=1S/C9H13N3/c1-7(2)9-5-8-6-10-3-4-12(8)11-9/h3-7,9,11H,1-2H3. The van der Waals surface area contributed by atoms with E-state index in [1.54, 1.807) is 6.20 Å². The molecular formula is C9H13N3. The van der Waals surface area contributed by atoms with Crippen molar-refractivity contribution in [3.63, 3.8) is 0 Å². The fraction of sp³-hybridized carbons (Fsp3) is 0.444. The van der Waals surface area contributed by atoms with E-state index in [9.17, 15) is 0 Å². The number of nitrogens with one attached hydrogen (secondary N) is 1. The highest BCUT2D eigenvalue weighted by Gasteiger charge is 2.22. The highest BCUT2D eigenvalue weighted by molar-refractivity contribution is 5.80. The molecule has 0 radical (unpaired) electrons. The Morgan fingerprint density at radius 2 is 2.42 bits per heavy atom. The molecule has 2 heterocycles. The molecule has 0 saturated carbocycles. The second-order valence-corrected chi connectivity index (χ2v) is 3.44. The molecule has 3 heteroatoms. The highest BCUT2D eigenvalue weighted by atomic mass is 15.5. The van der Waals surface area contributed by atoms with E-state index in [1.807, 2.05) is 17.4 Å². The average Bonchev–Trinajstić information content (AvgIpc) is 2.46. The first-order chi connectivity index (χ1) is 5.77. The first-order valence-corrected chi connectivity index (χ1v) is 4.24. The molecule has 1 N–H and O–H groups in total. The number of rotatable bonds is 1. The SMILES string of the molecule is CC(C)C1C=C2C=NC=CN2N1. The first kappa shape index (κ1) is 7.55. The van der Waals surface area contributed by atoms with Gasteiger partial charge in [0.15, 0.2) is 0 Å². The number of nitrogens with zero attached hydrogens (tertiary/aromatic N) is 2. The second kappa shape index (κ2) is 2.75. The molecule has 12 heavy (non-hydrogen) atoms. The van der Waals surface area contributed by atoms with Crippen LogP contribution >= 0.6 is 0 Å². The summed E-state index contributed by atoms with van der Waals surface area (Å²) < 4.78 is 0. The van der Waals surface area contributed by atoms with E-state index in [-0.39, 0.29) is 0 Å². The van der Waals surface area contributed by atoms with Crippen molar-refractivity contribution in [1.29, 1.82) is 0 Å². The largest absolute Gasteiger partial charge is 0.281 e. The number of hydrazine groups is 1. The number of fused-ring (bicyclic) bond motifs is 1. The predicted octanol–water partition coefficient (Wildman–Crippen LogP) is 1.27. The Balaban J connectivity index is 2.17. The third-order valence-corrected chi connectivity index (χ3v) is 2.14. The van der Waals surface area contributed by atoms with Gasteiger partial charge < -0.3 is 0 Å². The molecule has 0 amide bonds. The molecule has 2 rings (SSSR count). The Morgan fingerprint density at radius 3 is 3.08 bits per heavy atom. The average molecular weight is 163 g/mol. The third kappa shape index (κ3) is 1.16. The van der Waals surface area contributed by atoms with Crippen molar-refractivity contribution in [2.24, 2.45) is 10.9 Å². The zero-order valence-electron chi connectivity index (χ0n) is 7.36. The maximum Gasteiger partial charge on any atom is 0.0730 e. The topological polar surface area (TPSA) is 27.6 Å². The molecule has 0 aromatic carbocycles. The van der Waals surface area contributed by atoms with Crippen LogP contribution in [-0.2, 0) is 0 Å². The van der Waals surface area contributed by atoms with Gasteiger partial charge in [0.1, 0.15) is 0 Å². The summed E-state index contributed by atoms with van der Waals surface area (Å²) in [5, 5.41) is 2.01. The van der Waals surface area contributed by atoms with Crippen LogP contribution < -0.4 is 5.43 Å². The lowest BCUT2D eigenvalue weighted by molar-refractivity contribution is 0.316. The lowest BCUT2D eigenvalue weighted by Gasteiger charge is -2.20. The van der Waals surface area contributed by atoms with Crippen molar-refractivity contribution in [3.8, 4) is 0 Å². The molecule has 0 spiro atoms. The second-order valence-electron chi connectivity index (χ2n) is 3.44. The molecule has 0 saturated heterocycles. The van der Waals surface area contributed by atoms with E-state index in [1.165, 1.54) is 0 Å². The van der Waals surface area contributed by atoms with Crippen LogP contribution in [0.15, 0.2) is 29.2 Å². The molecule has 0 aromatic heterocycles. The summed E-state index contributed by atoms with van der Waals surface area (Å²) in [4.78, 5) is 4.06. The van der Waals surface area contributed by atoms with Crippen LogP contribution in [0.25, 0.3) is 0 Å². The maximum atomic E-state index is 4.06. The van der Waals surface area contributed by atoms with Gasteiger partial charge in [-0.1, -0.05) is 13.8 Å². The fourth-order valence-electron chi connectivity index (χ4n) is 1.34. The molecule has 64 valence electrons. The molecule has 1 unspecified atom stereocenters. The molecule has 0 aliphatic carbocycles. The van der Waals surface area contributed by atoms with Crippen molar-refractivity contribution in [2.75, 3.05) is 0 Å². The summed E-state index contributed by atoms with van der Waals surface area (Å²) in [6, 6.07) is 0.439. The normalized spacial score (nSPS) is 26.4. The van der Waals surface area contributed by atoms with E-state index in [2.05, 4.69) is 30.3 Å². The van der Waals surface area contributed by atoms with E-state index in [0.717, 1.165) is 5.70 Å². The fourth-order valence-corrected chi connectivity index (χ4v) is 1.34. The van der Waals surface area contributed by atoms with Gasteiger partial charge >= 0.3 is 0 Å². The van der Waals surface area contributed by atoms with Gasteiger partial charge in [0.2, 0.25) is 0 Å². The summed E-state index contributed by atoms with van der Waals surface area (Å²) in [5.74, 6) is 0.616. The Hall–Kier alpha value is -1.09. The number of hydrogen-bond donors (Lipinski definition) is 1. The minimum absolute atomic E-state index is 0.439. The van der Waals surface area contributed by atoms with Gasteiger partial charge in [0.05, 0.1) is 11.9 Å².